The lowest BCUT2D eigenvalue weighted by Crippen LogP contribution is -2.15. The molecule has 1 N–H and O–H groups in total. The number of nitrogens with one attached hydrogen (secondary N) is 1. The van der Waals surface area contributed by atoms with Gasteiger partial charge in [-0.05, 0) is 43.7 Å². The van der Waals surface area contributed by atoms with Crippen molar-refractivity contribution in [2.75, 3.05) is 5.32 Å². The van der Waals surface area contributed by atoms with Crippen molar-refractivity contribution in [2.45, 2.75) is 13.8 Å². The first-order valence-corrected chi connectivity index (χ1v) is 9.04. The Balaban J connectivity index is 1.86. The van der Waals surface area contributed by atoms with Gasteiger partial charge in [-0.1, -0.05) is 48.5 Å². The van der Waals surface area contributed by atoms with Crippen molar-refractivity contribution in [1.82, 2.24) is 0 Å². The molecule has 0 aliphatic carbocycles. The third-order valence-electron chi connectivity index (χ3n) is 4.70. The van der Waals surface area contributed by atoms with Gasteiger partial charge < -0.3 is 9.73 Å². The summed E-state index contributed by atoms with van der Waals surface area (Å²) in [5, 5.41) is 3.28. The third kappa shape index (κ3) is 3.21. The van der Waals surface area contributed by atoms with Crippen LogP contribution in [0.5, 0.6) is 0 Å². The van der Waals surface area contributed by atoms with Crippen LogP contribution in [0, 0.1) is 13.8 Å². The van der Waals surface area contributed by atoms with E-state index in [2.05, 4.69) is 5.32 Å². The van der Waals surface area contributed by atoms with Gasteiger partial charge in [0.1, 0.15) is 5.76 Å². The van der Waals surface area contributed by atoms with Crippen LogP contribution in [0.1, 0.15) is 21.5 Å². The summed E-state index contributed by atoms with van der Waals surface area (Å²) in [4.78, 5) is 25.8. The maximum absolute atomic E-state index is 12.9. The van der Waals surface area contributed by atoms with Crippen molar-refractivity contribution in [3.8, 4) is 11.3 Å². The van der Waals surface area contributed by atoms with Crippen molar-refractivity contribution in [1.29, 1.82) is 0 Å². The predicted octanol–water partition coefficient (Wildman–Crippen LogP) is 5.33. The average molecular weight is 369 g/mol. The van der Waals surface area contributed by atoms with Gasteiger partial charge in [-0.25, -0.2) is 0 Å². The predicted molar refractivity (Wildman–Crippen MR) is 112 cm³/mol. The van der Waals surface area contributed by atoms with E-state index < -0.39 is 0 Å². The summed E-state index contributed by atoms with van der Waals surface area (Å²) < 4.78 is 6.11. The largest absolute Gasteiger partial charge is 0.455 e. The number of benzene rings is 3. The van der Waals surface area contributed by atoms with Gasteiger partial charge >= 0.3 is 0 Å². The van der Waals surface area contributed by atoms with Crippen LogP contribution in [-0.2, 0) is 0 Å². The van der Waals surface area contributed by atoms with Gasteiger partial charge in [-0.3, -0.25) is 9.59 Å². The molecular weight excluding hydrogens is 350 g/mol. The summed E-state index contributed by atoms with van der Waals surface area (Å²) >= 11 is 0. The summed E-state index contributed by atoms with van der Waals surface area (Å²) in [5.74, 6) is 0.163. The molecule has 0 aliphatic rings. The van der Waals surface area contributed by atoms with Gasteiger partial charge in [0.25, 0.3) is 5.91 Å². The minimum Gasteiger partial charge on any atom is -0.455 e. The number of rotatable bonds is 3. The number of para-hydroxylation sites is 1. The van der Waals surface area contributed by atoms with Crippen LogP contribution in [0.15, 0.2) is 82.0 Å². The minimum absolute atomic E-state index is 0.134. The first kappa shape index (κ1) is 17.7. The van der Waals surface area contributed by atoms with Crippen molar-refractivity contribution in [3.63, 3.8) is 0 Å². The van der Waals surface area contributed by atoms with Gasteiger partial charge in [-0.2, -0.15) is 0 Å². The van der Waals surface area contributed by atoms with Crippen LogP contribution >= 0.6 is 0 Å². The highest BCUT2D eigenvalue weighted by molar-refractivity contribution is 6.11. The van der Waals surface area contributed by atoms with E-state index in [1.54, 1.807) is 25.1 Å². The van der Waals surface area contributed by atoms with E-state index in [1.165, 1.54) is 0 Å². The number of anilines is 1. The number of carbonyl (C=O) groups is 1. The molecule has 4 heteroatoms. The molecule has 4 rings (SSSR count). The lowest BCUT2D eigenvalue weighted by atomic mass is 10.0. The number of hydrogen-bond acceptors (Lipinski definition) is 3. The Morgan fingerprint density at radius 1 is 0.893 bits per heavy atom. The second-order valence-electron chi connectivity index (χ2n) is 6.76. The van der Waals surface area contributed by atoms with Crippen LogP contribution in [0.2, 0.25) is 0 Å². The summed E-state index contributed by atoms with van der Waals surface area (Å²) in [7, 11) is 0. The molecule has 1 amide bonds. The molecule has 0 saturated carbocycles. The lowest BCUT2D eigenvalue weighted by Gasteiger charge is -2.11. The van der Waals surface area contributed by atoms with E-state index >= 15 is 0 Å². The van der Waals surface area contributed by atoms with Crippen molar-refractivity contribution in [2.24, 2.45) is 0 Å². The molecule has 0 spiro atoms. The van der Waals surface area contributed by atoms with Gasteiger partial charge in [0.2, 0.25) is 0 Å². The molecule has 4 nitrogen and oxygen atoms in total. The smallest absolute Gasteiger partial charge is 0.259 e. The summed E-state index contributed by atoms with van der Waals surface area (Å²) in [6.07, 6.45) is 0. The Hall–Kier alpha value is -3.66. The second kappa shape index (κ2) is 7.16. The standard InChI is InChI=1S/C24H19NO3/c1-15-8-6-11-18(14-15)25-24(27)20-13-7-12-19-21(26)16(2)22(28-23(19)20)17-9-4-3-5-10-17/h3-14H,1-2H3,(H,25,27). The summed E-state index contributed by atoms with van der Waals surface area (Å²) in [6, 6.07) is 22.0. The fraction of sp³-hybridized carbons (Fsp3) is 0.0833. The zero-order valence-electron chi connectivity index (χ0n) is 15.7. The highest BCUT2D eigenvalue weighted by Gasteiger charge is 2.18. The van der Waals surface area contributed by atoms with E-state index in [0.29, 0.717) is 33.5 Å². The molecule has 138 valence electrons. The van der Waals surface area contributed by atoms with Crippen LogP contribution < -0.4 is 10.7 Å². The molecule has 3 aromatic carbocycles. The average Bonchev–Trinajstić information content (AvgIpc) is 2.71. The van der Waals surface area contributed by atoms with E-state index in [0.717, 1.165) is 11.1 Å². The van der Waals surface area contributed by atoms with Crippen LogP contribution in [0.25, 0.3) is 22.3 Å². The Morgan fingerprint density at radius 2 is 1.64 bits per heavy atom. The lowest BCUT2D eigenvalue weighted by molar-refractivity contribution is 0.102. The maximum Gasteiger partial charge on any atom is 0.259 e. The van der Waals surface area contributed by atoms with Gasteiger partial charge in [0.05, 0.1) is 10.9 Å². The number of carbonyl (C=O) groups excluding carboxylic acids is 1. The highest BCUT2D eigenvalue weighted by atomic mass is 16.3. The van der Waals surface area contributed by atoms with E-state index in [4.69, 9.17) is 4.42 Å². The number of hydrogen-bond donors (Lipinski definition) is 1. The molecule has 1 aromatic heterocycles. The van der Waals surface area contributed by atoms with Crippen LogP contribution in [0.4, 0.5) is 5.69 Å². The first-order chi connectivity index (χ1) is 13.5. The van der Waals surface area contributed by atoms with E-state index in [1.807, 2.05) is 61.5 Å². The topological polar surface area (TPSA) is 59.3 Å². The number of aryl methyl sites for hydroxylation is 1. The van der Waals surface area contributed by atoms with Crippen LogP contribution in [0.3, 0.4) is 0 Å². The zero-order valence-corrected chi connectivity index (χ0v) is 15.7. The minimum atomic E-state index is -0.317. The fourth-order valence-corrected chi connectivity index (χ4v) is 3.27. The normalized spacial score (nSPS) is 10.8. The SMILES string of the molecule is Cc1cccc(NC(=O)c2cccc3c(=O)c(C)c(-c4ccccc4)oc23)c1. The van der Waals surface area contributed by atoms with Gasteiger partial charge in [0.15, 0.2) is 11.0 Å². The van der Waals surface area contributed by atoms with Gasteiger partial charge in [-0.15, -0.1) is 0 Å². The van der Waals surface area contributed by atoms with Gasteiger partial charge in [0, 0.05) is 16.8 Å². The second-order valence-corrected chi connectivity index (χ2v) is 6.76. The maximum atomic E-state index is 12.9. The first-order valence-electron chi connectivity index (χ1n) is 9.04. The summed E-state index contributed by atoms with van der Waals surface area (Å²) in [5.41, 5.74) is 3.55. The molecule has 0 radical (unpaired) electrons. The quantitative estimate of drug-likeness (QED) is 0.531. The Bertz CT molecular complexity index is 1240. The molecule has 1 heterocycles. The molecule has 0 atom stereocenters. The molecule has 0 bridgehead atoms. The van der Waals surface area contributed by atoms with Crippen molar-refractivity contribution >= 4 is 22.6 Å². The van der Waals surface area contributed by atoms with E-state index in [-0.39, 0.29) is 11.3 Å². The monoisotopic (exact) mass is 369 g/mol. The third-order valence-corrected chi connectivity index (χ3v) is 4.70. The Kier molecular flexibility index (Phi) is 4.53. The molecule has 0 aliphatic heterocycles. The van der Waals surface area contributed by atoms with Crippen molar-refractivity contribution in [3.05, 3.63) is 99.7 Å². The molecule has 0 fully saturated rings. The van der Waals surface area contributed by atoms with Crippen molar-refractivity contribution < 1.29 is 9.21 Å². The fourth-order valence-electron chi connectivity index (χ4n) is 3.27. The zero-order chi connectivity index (χ0) is 19.7. The van der Waals surface area contributed by atoms with E-state index in [9.17, 15) is 9.59 Å². The molecule has 4 aromatic rings. The molecule has 0 saturated heterocycles. The molecule has 28 heavy (non-hydrogen) atoms. The highest BCUT2D eigenvalue weighted by Crippen LogP contribution is 2.27. The number of fused-ring (bicyclic) bond motifs is 1. The van der Waals surface area contributed by atoms with Crippen LogP contribution in [-0.4, -0.2) is 5.91 Å². The number of amides is 1. The summed E-state index contributed by atoms with van der Waals surface area (Å²) in [6.45, 7) is 3.70. The molecule has 0 unspecified atom stereocenters. The Morgan fingerprint density at radius 3 is 2.39 bits per heavy atom. The Labute approximate surface area is 162 Å². The molecular formula is C24H19NO3.